The lowest BCUT2D eigenvalue weighted by Crippen LogP contribution is -2.64. The van der Waals surface area contributed by atoms with Gasteiger partial charge in [0.2, 0.25) is 17.8 Å². The van der Waals surface area contributed by atoms with Crippen LogP contribution >= 0.6 is 0 Å². The van der Waals surface area contributed by atoms with Crippen LogP contribution in [0.15, 0.2) is 24.6 Å². The average Bonchev–Trinajstić information content (AvgIpc) is 3.17. The van der Waals surface area contributed by atoms with Crippen LogP contribution in [0, 0.1) is 0 Å². The third-order valence-corrected chi connectivity index (χ3v) is 11.7. The van der Waals surface area contributed by atoms with Crippen LogP contribution in [-0.4, -0.2) is 101 Å². The molecular weight excluding hydrogens is 723 g/mol. The predicted molar refractivity (Wildman–Crippen MR) is 246 cm³/mol. The normalized spacial score (nSPS) is 17.7. The van der Waals surface area contributed by atoms with Crippen molar-refractivity contribution in [1.29, 1.82) is 0 Å². The summed E-state index contributed by atoms with van der Waals surface area (Å²) in [5, 5.41) is 7.96. The largest absolute Gasteiger partial charge is 0.341 e. The summed E-state index contributed by atoms with van der Waals surface area (Å²) in [6, 6.07) is 0.635. The quantitative estimate of drug-likeness (QED) is 0.0754. The molecule has 58 heavy (non-hydrogen) atoms. The van der Waals surface area contributed by atoms with E-state index < -0.39 is 0 Å². The zero-order chi connectivity index (χ0) is 42.6. The molecule has 2 aliphatic rings. The van der Waals surface area contributed by atoms with Crippen LogP contribution in [-0.2, 0) is 9.68 Å². The molecule has 0 spiro atoms. The molecule has 0 radical (unpaired) electrons. The summed E-state index contributed by atoms with van der Waals surface area (Å²) >= 11 is 0. The molecule has 3 rings (SSSR count). The molecule has 334 valence electrons. The minimum atomic E-state index is -0.151. The van der Waals surface area contributed by atoms with Gasteiger partial charge in [-0.05, 0) is 98.4 Å². The maximum Gasteiger partial charge on any atom is 0.232 e. The van der Waals surface area contributed by atoms with Gasteiger partial charge in [-0.3, -0.25) is 9.68 Å². The van der Waals surface area contributed by atoms with Crippen LogP contribution in [0.25, 0.3) is 0 Å². The molecule has 0 amide bonds. The van der Waals surface area contributed by atoms with Crippen molar-refractivity contribution in [1.82, 2.24) is 30.4 Å². The van der Waals surface area contributed by atoms with E-state index in [-0.39, 0.29) is 17.1 Å². The summed E-state index contributed by atoms with van der Waals surface area (Å²) in [5.41, 5.74) is 1.70. The van der Waals surface area contributed by atoms with E-state index in [4.69, 9.17) is 24.6 Å². The fourth-order valence-electron chi connectivity index (χ4n) is 8.79. The van der Waals surface area contributed by atoms with Crippen LogP contribution in [0.4, 0.5) is 17.8 Å². The van der Waals surface area contributed by atoms with Crippen LogP contribution in [0.5, 0.6) is 0 Å². The molecule has 3 heterocycles. The Morgan fingerprint density at radius 2 is 1.03 bits per heavy atom. The van der Waals surface area contributed by atoms with Crippen molar-refractivity contribution < 1.29 is 9.68 Å². The van der Waals surface area contributed by atoms with E-state index in [2.05, 4.69) is 107 Å². The van der Waals surface area contributed by atoms with Crippen LogP contribution in [0.2, 0.25) is 0 Å². The number of nitrogens with zero attached hydrogens (tertiary/aromatic N) is 8. The van der Waals surface area contributed by atoms with Crippen LogP contribution in [0.1, 0.15) is 185 Å². The van der Waals surface area contributed by atoms with E-state index in [0.29, 0.717) is 12.6 Å². The number of rotatable bonds is 30. The van der Waals surface area contributed by atoms with Gasteiger partial charge in [-0.25, -0.2) is 5.06 Å². The van der Waals surface area contributed by atoms with Crippen molar-refractivity contribution >= 4 is 17.8 Å². The van der Waals surface area contributed by atoms with E-state index in [1.54, 1.807) is 0 Å². The number of nitrogens with one attached hydrogen (secondary N) is 1. The Bertz CT molecular complexity index is 1230. The van der Waals surface area contributed by atoms with Crippen LogP contribution < -0.4 is 20.0 Å². The lowest BCUT2D eigenvalue weighted by molar-refractivity contribution is -0.282. The van der Waals surface area contributed by atoms with Crippen molar-refractivity contribution in [3.05, 3.63) is 24.6 Å². The first-order chi connectivity index (χ1) is 27.8. The van der Waals surface area contributed by atoms with Gasteiger partial charge in [-0.15, -0.1) is 0 Å². The summed E-state index contributed by atoms with van der Waals surface area (Å²) in [4.78, 5) is 36.1. The lowest BCUT2D eigenvalue weighted by Gasteiger charge is -2.55. The highest BCUT2D eigenvalue weighted by Gasteiger charge is 2.48. The highest BCUT2D eigenvalue weighted by atomic mass is 16.7. The number of piperidine rings is 2. The van der Waals surface area contributed by atoms with E-state index in [0.717, 1.165) is 184 Å². The molecule has 11 heteroatoms. The maximum absolute atomic E-state index is 6.50. The van der Waals surface area contributed by atoms with Gasteiger partial charge in [0, 0.05) is 80.1 Å². The molecule has 0 saturated carbocycles. The van der Waals surface area contributed by atoms with Crippen molar-refractivity contribution in [3.63, 3.8) is 0 Å². The number of aromatic nitrogens is 3. The molecule has 0 unspecified atom stereocenters. The van der Waals surface area contributed by atoms with E-state index in [1.807, 2.05) is 5.06 Å². The number of hydrogen-bond acceptors (Lipinski definition) is 11. The molecule has 11 nitrogen and oxygen atoms in total. The van der Waals surface area contributed by atoms with Crippen molar-refractivity contribution in [2.75, 3.05) is 67.2 Å². The summed E-state index contributed by atoms with van der Waals surface area (Å²) in [6.07, 6.45) is 19.4. The van der Waals surface area contributed by atoms with Gasteiger partial charge < -0.3 is 20.0 Å². The number of unbranched alkanes of at least 4 members (excludes halogenated alkanes) is 7. The molecule has 2 saturated heterocycles. The second-order valence-corrected chi connectivity index (χ2v) is 18.4. The Hall–Kier alpha value is -2.47. The molecule has 0 atom stereocenters. The molecule has 0 aliphatic carbocycles. The number of hydrogen-bond donors (Lipinski definition) is 1. The second-order valence-electron chi connectivity index (χ2n) is 18.4. The van der Waals surface area contributed by atoms with Gasteiger partial charge in [-0.2, -0.15) is 20.0 Å². The standard InChI is InChI=1S/C47H89N9O2/c1-13-19-28-52(29-20-14-2)43-49-44(53(30-21-15-3)31-22-16-4)51-45(50-43)54(42-37-46(9,10)56(58-34-18-6)47(11,12)38-42)32-26-24-23-25-27-48-41-35-39(7)55(40(8)36-41)57-33-17-5/h41-42,48H,7-8,13-38H2,1-6,9-12H3. The minimum Gasteiger partial charge on any atom is -0.341 e. The maximum atomic E-state index is 6.50. The fourth-order valence-corrected chi connectivity index (χ4v) is 8.79. The topological polar surface area (TPSA) is 85.4 Å². The summed E-state index contributed by atoms with van der Waals surface area (Å²) in [7, 11) is 0. The van der Waals surface area contributed by atoms with Gasteiger partial charge in [-0.1, -0.05) is 93.2 Å². The predicted octanol–water partition coefficient (Wildman–Crippen LogP) is 10.8. The molecule has 1 aromatic heterocycles. The Balaban J connectivity index is 1.90. The molecular formula is C47H89N9O2. The first-order valence-electron chi connectivity index (χ1n) is 23.8. The highest BCUT2D eigenvalue weighted by Crippen LogP contribution is 2.42. The number of hydroxylamine groups is 4. The summed E-state index contributed by atoms with van der Waals surface area (Å²) in [6.45, 7) is 38.6. The molecule has 0 bridgehead atoms. The second kappa shape index (κ2) is 26.0. The molecule has 1 aromatic rings. The zero-order valence-electron chi connectivity index (χ0n) is 39.3. The Morgan fingerprint density at radius 3 is 1.50 bits per heavy atom. The summed E-state index contributed by atoms with van der Waals surface area (Å²) < 4.78 is 0. The molecule has 2 aliphatic heterocycles. The van der Waals surface area contributed by atoms with E-state index in [1.165, 1.54) is 6.42 Å². The van der Waals surface area contributed by atoms with Gasteiger partial charge in [0.25, 0.3) is 0 Å². The van der Waals surface area contributed by atoms with E-state index >= 15 is 0 Å². The first kappa shape index (κ1) is 49.9. The Morgan fingerprint density at radius 1 is 0.586 bits per heavy atom. The van der Waals surface area contributed by atoms with Crippen LogP contribution in [0.3, 0.4) is 0 Å². The Labute approximate surface area is 356 Å². The third kappa shape index (κ3) is 15.5. The van der Waals surface area contributed by atoms with Crippen molar-refractivity contribution in [3.8, 4) is 0 Å². The average molecular weight is 812 g/mol. The number of anilines is 3. The summed E-state index contributed by atoms with van der Waals surface area (Å²) in [5.74, 6) is 2.56. The first-order valence-corrected chi connectivity index (χ1v) is 23.8. The van der Waals surface area contributed by atoms with E-state index in [9.17, 15) is 0 Å². The fraction of sp³-hybridized carbons (Fsp3) is 0.851. The third-order valence-electron chi connectivity index (χ3n) is 11.7. The molecule has 0 aromatic carbocycles. The van der Waals surface area contributed by atoms with Crippen molar-refractivity contribution in [2.45, 2.75) is 208 Å². The van der Waals surface area contributed by atoms with Gasteiger partial charge in [0.1, 0.15) is 0 Å². The van der Waals surface area contributed by atoms with Crippen molar-refractivity contribution in [2.24, 2.45) is 0 Å². The molecule has 1 N–H and O–H groups in total. The monoisotopic (exact) mass is 812 g/mol. The van der Waals surface area contributed by atoms with Gasteiger partial charge in [0.15, 0.2) is 0 Å². The lowest BCUT2D eigenvalue weighted by atomic mass is 9.78. The van der Waals surface area contributed by atoms with Gasteiger partial charge >= 0.3 is 0 Å². The SMILES string of the molecule is C=C1CC(NCCCCCCN(c2nc(N(CCCC)CCCC)nc(N(CCCC)CCCC)n2)C2CC(C)(C)N(OCCC)C(C)(C)C2)CC(=C)N1OCCC. The highest BCUT2D eigenvalue weighted by molar-refractivity contribution is 5.47. The zero-order valence-corrected chi connectivity index (χ0v) is 39.3. The molecule has 2 fully saturated rings. The van der Waals surface area contributed by atoms with Gasteiger partial charge in [0.05, 0.1) is 13.2 Å². The Kier molecular flexibility index (Phi) is 22.4. The smallest absolute Gasteiger partial charge is 0.232 e. The minimum absolute atomic E-state index is 0.151.